The van der Waals surface area contributed by atoms with Crippen LogP contribution < -0.4 is 5.32 Å². The Bertz CT molecular complexity index is 717. The summed E-state index contributed by atoms with van der Waals surface area (Å²) >= 11 is 0. The van der Waals surface area contributed by atoms with E-state index >= 15 is 0 Å². The predicted octanol–water partition coefficient (Wildman–Crippen LogP) is 4.06. The number of hydrogen-bond acceptors (Lipinski definition) is 2. The van der Waals surface area contributed by atoms with Crippen LogP contribution in [0.15, 0.2) is 36.4 Å². The quantitative estimate of drug-likeness (QED) is 0.894. The van der Waals surface area contributed by atoms with Crippen molar-refractivity contribution in [2.75, 3.05) is 5.32 Å². The third-order valence-electron chi connectivity index (χ3n) is 4.34. The van der Waals surface area contributed by atoms with E-state index in [9.17, 15) is 14.7 Å². The van der Waals surface area contributed by atoms with Gasteiger partial charge in [-0.2, -0.15) is 0 Å². The fourth-order valence-electron chi connectivity index (χ4n) is 3.20. The first-order valence-corrected chi connectivity index (χ1v) is 7.69. The van der Waals surface area contributed by atoms with Gasteiger partial charge < -0.3 is 10.4 Å². The molecule has 2 aromatic carbocycles. The second-order valence-corrected chi connectivity index (χ2v) is 5.95. The van der Waals surface area contributed by atoms with Crippen LogP contribution in [0.2, 0.25) is 0 Å². The Morgan fingerprint density at radius 2 is 1.73 bits per heavy atom. The molecular formula is C18H19NO3. The highest BCUT2D eigenvalue weighted by Gasteiger charge is 2.20. The van der Waals surface area contributed by atoms with E-state index in [4.69, 9.17) is 0 Å². The molecule has 114 valence electrons. The van der Waals surface area contributed by atoms with Gasteiger partial charge in [-0.3, -0.25) is 4.79 Å². The fourth-order valence-corrected chi connectivity index (χ4v) is 3.20. The number of rotatable bonds is 4. The fraction of sp³-hybridized carbons (Fsp3) is 0.333. The lowest BCUT2D eigenvalue weighted by atomic mass is 10.0. The molecular weight excluding hydrogens is 278 g/mol. The summed E-state index contributed by atoms with van der Waals surface area (Å²) in [6, 6.07) is 10.9. The van der Waals surface area contributed by atoms with Gasteiger partial charge in [0, 0.05) is 6.42 Å². The summed E-state index contributed by atoms with van der Waals surface area (Å²) in [5.74, 6) is -0.680. The van der Waals surface area contributed by atoms with Crippen LogP contribution in [0.25, 0.3) is 10.8 Å². The predicted molar refractivity (Wildman–Crippen MR) is 86.1 cm³/mol. The maximum absolute atomic E-state index is 12.2. The Kier molecular flexibility index (Phi) is 4.09. The smallest absolute Gasteiger partial charge is 0.337 e. The highest BCUT2D eigenvalue weighted by molar-refractivity contribution is 6.05. The molecule has 1 amide bonds. The Morgan fingerprint density at radius 3 is 2.36 bits per heavy atom. The van der Waals surface area contributed by atoms with Gasteiger partial charge in [-0.25, -0.2) is 4.79 Å². The number of carbonyl (C=O) groups is 2. The summed E-state index contributed by atoms with van der Waals surface area (Å²) in [5, 5.41) is 13.9. The minimum absolute atomic E-state index is 0.0929. The Labute approximate surface area is 129 Å². The van der Waals surface area contributed by atoms with Gasteiger partial charge in [-0.05, 0) is 41.7 Å². The number of aromatic carboxylic acids is 1. The van der Waals surface area contributed by atoms with Crippen LogP contribution in [0.3, 0.4) is 0 Å². The van der Waals surface area contributed by atoms with E-state index in [1.807, 2.05) is 24.3 Å². The Morgan fingerprint density at radius 1 is 1.09 bits per heavy atom. The average Bonchev–Trinajstić information content (AvgIpc) is 2.99. The molecule has 2 N–H and O–H groups in total. The minimum Gasteiger partial charge on any atom is -0.478 e. The lowest BCUT2D eigenvalue weighted by molar-refractivity contribution is -0.117. The second kappa shape index (κ2) is 6.18. The number of amides is 1. The summed E-state index contributed by atoms with van der Waals surface area (Å²) < 4.78 is 0. The van der Waals surface area contributed by atoms with Crippen LogP contribution >= 0.6 is 0 Å². The molecule has 0 spiro atoms. The molecule has 1 saturated carbocycles. The van der Waals surface area contributed by atoms with Crippen LogP contribution in [-0.2, 0) is 4.79 Å². The van der Waals surface area contributed by atoms with Crippen molar-refractivity contribution in [3.05, 3.63) is 42.0 Å². The van der Waals surface area contributed by atoms with Gasteiger partial charge in [0.2, 0.25) is 5.91 Å². The van der Waals surface area contributed by atoms with Gasteiger partial charge in [0.15, 0.2) is 0 Å². The first-order valence-electron chi connectivity index (χ1n) is 7.69. The van der Waals surface area contributed by atoms with E-state index in [-0.39, 0.29) is 11.5 Å². The number of fused-ring (bicyclic) bond motifs is 1. The van der Waals surface area contributed by atoms with Crippen LogP contribution in [0.5, 0.6) is 0 Å². The topological polar surface area (TPSA) is 66.4 Å². The van der Waals surface area contributed by atoms with E-state index in [1.165, 1.54) is 12.8 Å². The first-order chi connectivity index (χ1) is 10.6. The molecule has 0 aliphatic heterocycles. The summed E-state index contributed by atoms with van der Waals surface area (Å²) in [6.07, 6.45) is 5.04. The molecule has 1 aliphatic rings. The van der Waals surface area contributed by atoms with E-state index < -0.39 is 5.97 Å². The number of hydrogen-bond donors (Lipinski definition) is 2. The molecule has 4 nitrogen and oxygen atoms in total. The van der Waals surface area contributed by atoms with E-state index in [1.54, 1.807) is 12.1 Å². The number of nitrogens with one attached hydrogen (secondary N) is 1. The lowest BCUT2D eigenvalue weighted by Crippen LogP contribution is -2.17. The average molecular weight is 297 g/mol. The van der Waals surface area contributed by atoms with Crippen molar-refractivity contribution in [2.24, 2.45) is 5.92 Å². The van der Waals surface area contributed by atoms with Crippen LogP contribution in [-0.4, -0.2) is 17.0 Å². The molecule has 3 rings (SSSR count). The summed E-state index contributed by atoms with van der Waals surface area (Å²) in [6.45, 7) is 0. The van der Waals surface area contributed by atoms with Crippen LogP contribution in [0.1, 0.15) is 42.5 Å². The third-order valence-corrected chi connectivity index (χ3v) is 4.34. The van der Waals surface area contributed by atoms with Crippen molar-refractivity contribution in [2.45, 2.75) is 32.1 Å². The summed E-state index contributed by atoms with van der Waals surface area (Å²) in [7, 11) is 0. The van der Waals surface area contributed by atoms with E-state index in [0.717, 1.165) is 23.6 Å². The molecule has 4 heteroatoms. The van der Waals surface area contributed by atoms with Crippen molar-refractivity contribution in [1.82, 2.24) is 0 Å². The number of anilines is 1. The zero-order valence-electron chi connectivity index (χ0n) is 12.3. The monoisotopic (exact) mass is 297 g/mol. The molecule has 22 heavy (non-hydrogen) atoms. The molecule has 0 unspecified atom stereocenters. The van der Waals surface area contributed by atoms with Gasteiger partial charge in [0.25, 0.3) is 0 Å². The van der Waals surface area contributed by atoms with Crippen molar-refractivity contribution in [1.29, 1.82) is 0 Å². The first kappa shape index (κ1) is 14.6. The largest absolute Gasteiger partial charge is 0.478 e. The maximum atomic E-state index is 12.2. The molecule has 0 radical (unpaired) electrons. The van der Waals surface area contributed by atoms with Crippen LogP contribution in [0.4, 0.5) is 5.69 Å². The number of carboxylic acid groups (broad SMARTS) is 1. The lowest BCUT2D eigenvalue weighted by Gasteiger charge is -2.12. The number of carboxylic acids is 1. The standard InChI is InChI=1S/C18H19NO3/c20-17(9-12-5-1-2-6-12)19-16-11-14-8-4-3-7-13(14)10-15(16)18(21)22/h3-4,7-8,10-12H,1-2,5-6,9H2,(H,19,20)(H,21,22). The molecule has 1 aliphatic carbocycles. The summed E-state index contributed by atoms with van der Waals surface area (Å²) in [5.41, 5.74) is 0.521. The Balaban J connectivity index is 1.86. The molecule has 1 fully saturated rings. The van der Waals surface area contributed by atoms with Crippen molar-refractivity contribution in [3.63, 3.8) is 0 Å². The zero-order chi connectivity index (χ0) is 15.5. The maximum Gasteiger partial charge on any atom is 0.337 e. The minimum atomic E-state index is -1.03. The van der Waals surface area contributed by atoms with E-state index in [0.29, 0.717) is 18.0 Å². The zero-order valence-corrected chi connectivity index (χ0v) is 12.3. The Hall–Kier alpha value is -2.36. The highest BCUT2D eigenvalue weighted by atomic mass is 16.4. The number of benzene rings is 2. The van der Waals surface area contributed by atoms with Crippen molar-refractivity contribution >= 4 is 28.3 Å². The molecule has 0 aromatic heterocycles. The highest BCUT2D eigenvalue weighted by Crippen LogP contribution is 2.29. The van der Waals surface area contributed by atoms with Crippen LogP contribution in [0, 0.1) is 5.92 Å². The SMILES string of the molecule is O=C(CC1CCCC1)Nc1cc2ccccc2cc1C(=O)O. The molecule has 0 bridgehead atoms. The molecule has 0 saturated heterocycles. The molecule has 0 atom stereocenters. The second-order valence-electron chi connectivity index (χ2n) is 5.95. The number of carbonyl (C=O) groups excluding carboxylic acids is 1. The van der Waals surface area contributed by atoms with E-state index in [2.05, 4.69) is 5.32 Å². The third kappa shape index (κ3) is 3.11. The van der Waals surface area contributed by atoms with Gasteiger partial charge in [-0.1, -0.05) is 37.1 Å². The van der Waals surface area contributed by atoms with Gasteiger partial charge in [-0.15, -0.1) is 0 Å². The van der Waals surface area contributed by atoms with Gasteiger partial charge in [0.05, 0.1) is 11.3 Å². The molecule has 2 aromatic rings. The van der Waals surface area contributed by atoms with Crippen molar-refractivity contribution < 1.29 is 14.7 Å². The summed E-state index contributed by atoms with van der Waals surface area (Å²) in [4.78, 5) is 23.6. The van der Waals surface area contributed by atoms with Crippen molar-refractivity contribution in [3.8, 4) is 0 Å². The molecule has 0 heterocycles. The van der Waals surface area contributed by atoms with Gasteiger partial charge in [0.1, 0.15) is 0 Å². The van der Waals surface area contributed by atoms with Gasteiger partial charge >= 0.3 is 5.97 Å². The normalized spacial score (nSPS) is 15.1.